The Morgan fingerprint density at radius 1 is 1.15 bits per heavy atom. The number of nitrogens with one attached hydrogen (secondary N) is 1. The van der Waals surface area contributed by atoms with Gasteiger partial charge in [0.15, 0.2) is 0 Å². The molecular weight excluding hydrogens is 342 g/mol. The predicted molar refractivity (Wildman–Crippen MR) is 110 cm³/mol. The van der Waals surface area contributed by atoms with Crippen LogP contribution in [0.25, 0.3) is 0 Å². The number of aryl methyl sites for hydroxylation is 3. The summed E-state index contributed by atoms with van der Waals surface area (Å²) in [5.41, 5.74) is 4.67. The summed E-state index contributed by atoms with van der Waals surface area (Å²) in [6.45, 7) is 9.81. The lowest BCUT2D eigenvalue weighted by Crippen LogP contribution is -2.46. The van der Waals surface area contributed by atoms with E-state index in [1.807, 2.05) is 0 Å². The molecule has 1 saturated heterocycles. The summed E-state index contributed by atoms with van der Waals surface area (Å²) < 4.78 is 0. The number of fused-ring (bicyclic) bond motifs is 1. The van der Waals surface area contributed by atoms with Crippen LogP contribution in [-0.2, 0) is 12.8 Å². The van der Waals surface area contributed by atoms with Crippen LogP contribution in [0.2, 0.25) is 0 Å². The van der Waals surface area contributed by atoms with E-state index < -0.39 is 0 Å². The van der Waals surface area contributed by atoms with Crippen molar-refractivity contribution in [2.45, 2.75) is 33.1 Å². The van der Waals surface area contributed by atoms with E-state index in [9.17, 15) is 4.79 Å². The number of carbonyl (C=O) groups excluding carboxylic acids is 1. The second-order valence-electron chi connectivity index (χ2n) is 7.29. The first kappa shape index (κ1) is 17.6. The van der Waals surface area contributed by atoms with Crippen molar-refractivity contribution in [1.29, 1.82) is 0 Å². The van der Waals surface area contributed by atoms with Gasteiger partial charge in [0.25, 0.3) is 5.91 Å². The number of carbonyl (C=O) groups is 1. The number of hydrogen-bond acceptors (Lipinski definition) is 4. The molecule has 2 aliphatic rings. The van der Waals surface area contributed by atoms with Gasteiger partial charge in [0.1, 0.15) is 0 Å². The van der Waals surface area contributed by atoms with Gasteiger partial charge < -0.3 is 15.1 Å². The van der Waals surface area contributed by atoms with Crippen LogP contribution in [0.15, 0.2) is 24.3 Å². The van der Waals surface area contributed by atoms with Crippen LogP contribution >= 0.6 is 11.3 Å². The van der Waals surface area contributed by atoms with E-state index in [0.717, 1.165) is 61.7 Å². The van der Waals surface area contributed by atoms with Gasteiger partial charge in [-0.05, 0) is 68.1 Å². The van der Waals surface area contributed by atoms with Crippen LogP contribution in [-0.4, -0.2) is 43.5 Å². The largest absolute Gasteiger partial charge is 0.369 e. The highest BCUT2D eigenvalue weighted by atomic mass is 32.1. The van der Waals surface area contributed by atoms with Crippen molar-refractivity contribution in [2.24, 2.45) is 0 Å². The summed E-state index contributed by atoms with van der Waals surface area (Å²) in [6, 6.07) is 8.47. The lowest BCUT2D eigenvalue weighted by Gasteiger charge is -2.35. The van der Waals surface area contributed by atoms with Crippen LogP contribution in [0.3, 0.4) is 0 Å². The Balaban J connectivity index is 1.43. The van der Waals surface area contributed by atoms with Crippen molar-refractivity contribution in [3.63, 3.8) is 0 Å². The van der Waals surface area contributed by atoms with Crippen LogP contribution in [0.4, 0.5) is 11.4 Å². The number of benzene rings is 1. The van der Waals surface area contributed by atoms with Gasteiger partial charge in [-0.25, -0.2) is 0 Å². The molecule has 0 atom stereocenters. The van der Waals surface area contributed by atoms with Gasteiger partial charge in [0.05, 0.1) is 4.88 Å². The minimum Gasteiger partial charge on any atom is -0.369 e. The molecule has 0 unspecified atom stereocenters. The molecular formula is C21H27N3OS. The van der Waals surface area contributed by atoms with Crippen molar-refractivity contribution in [1.82, 2.24) is 4.90 Å². The molecule has 0 radical (unpaired) electrons. The second kappa shape index (κ2) is 7.41. The molecule has 1 aliphatic heterocycles. The Bertz CT molecular complexity index is 784. The zero-order valence-corrected chi connectivity index (χ0v) is 16.5. The molecule has 2 heterocycles. The second-order valence-corrected chi connectivity index (χ2v) is 8.42. The van der Waals surface area contributed by atoms with Gasteiger partial charge in [0, 0.05) is 42.4 Å². The summed E-state index contributed by atoms with van der Waals surface area (Å²) in [5.74, 6) is 0.0248. The lowest BCUT2D eigenvalue weighted by atomic mass is 10.1. The third kappa shape index (κ3) is 3.51. The van der Waals surface area contributed by atoms with E-state index in [-0.39, 0.29) is 5.91 Å². The third-order valence-electron chi connectivity index (χ3n) is 5.61. The first-order valence-electron chi connectivity index (χ1n) is 9.65. The summed E-state index contributed by atoms with van der Waals surface area (Å²) in [7, 11) is 0. The highest BCUT2D eigenvalue weighted by Crippen LogP contribution is 2.31. The monoisotopic (exact) mass is 369 g/mol. The number of likely N-dealkylation sites (N-methyl/N-ethyl adjacent to an activating group) is 1. The minimum absolute atomic E-state index is 0.0248. The molecule has 4 rings (SSSR count). The maximum absolute atomic E-state index is 12.6. The maximum atomic E-state index is 12.6. The fourth-order valence-corrected chi connectivity index (χ4v) is 5.08. The van der Waals surface area contributed by atoms with E-state index in [1.54, 1.807) is 11.3 Å². The normalized spacial score (nSPS) is 17.4. The van der Waals surface area contributed by atoms with Gasteiger partial charge >= 0.3 is 0 Å². The van der Waals surface area contributed by atoms with E-state index in [4.69, 9.17) is 0 Å². The highest BCUT2D eigenvalue weighted by Gasteiger charge is 2.20. The van der Waals surface area contributed by atoms with E-state index in [2.05, 4.69) is 53.2 Å². The molecule has 5 heteroatoms. The molecule has 1 N–H and O–H groups in total. The van der Waals surface area contributed by atoms with E-state index in [1.165, 1.54) is 22.5 Å². The zero-order chi connectivity index (χ0) is 18.1. The highest BCUT2D eigenvalue weighted by molar-refractivity contribution is 7.14. The Hall–Kier alpha value is -1.85. The molecule has 138 valence electrons. The predicted octanol–water partition coefficient (Wildman–Crippen LogP) is 3.94. The van der Waals surface area contributed by atoms with Crippen molar-refractivity contribution >= 4 is 28.6 Å². The molecule has 1 aromatic heterocycles. The molecule has 1 aromatic carbocycles. The molecule has 0 saturated carbocycles. The lowest BCUT2D eigenvalue weighted by molar-refractivity contribution is 0.103. The number of nitrogens with zero attached hydrogens (tertiary/aromatic N) is 2. The standard InChI is InChI=1S/C21H27N3OS/c1-3-23-9-11-24(12-10-23)17-7-8-18(15(2)13-17)22-21(25)20-14-16-5-4-6-19(16)26-20/h7-8,13-14H,3-6,9-12H2,1-2H3,(H,22,25). The SMILES string of the molecule is CCN1CCN(c2ccc(NC(=O)c3cc4c(s3)CCC4)c(C)c2)CC1. The quantitative estimate of drug-likeness (QED) is 0.887. The Morgan fingerprint density at radius 2 is 1.96 bits per heavy atom. The molecule has 0 spiro atoms. The number of hydrogen-bond donors (Lipinski definition) is 1. The molecule has 1 aliphatic carbocycles. The van der Waals surface area contributed by atoms with Crippen LogP contribution in [0.1, 0.15) is 39.0 Å². The van der Waals surface area contributed by atoms with Crippen LogP contribution in [0.5, 0.6) is 0 Å². The fourth-order valence-electron chi connectivity index (χ4n) is 3.93. The number of piperazine rings is 1. The van der Waals surface area contributed by atoms with Gasteiger partial charge in [-0.15, -0.1) is 11.3 Å². The van der Waals surface area contributed by atoms with Gasteiger partial charge in [-0.3, -0.25) is 4.79 Å². The first-order valence-corrected chi connectivity index (χ1v) is 10.5. The van der Waals surface area contributed by atoms with E-state index in [0.29, 0.717) is 0 Å². The summed E-state index contributed by atoms with van der Waals surface area (Å²) in [5, 5.41) is 3.11. The summed E-state index contributed by atoms with van der Waals surface area (Å²) in [4.78, 5) is 19.8. The molecule has 4 nitrogen and oxygen atoms in total. The first-order chi connectivity index (χ1) is 12.6. The topological polar surface area (TPSA) is 35.6 Å². The van der Waals surface area contributed by atoms with Gasteiger partial charge in [0.2, 0.25) is 0 Å². The zero-order valence-electron chi connectivity index (χ0n) is 15.7. The Labute approximate surface area is 159 Å². The number of rotatable bonds is 4. The minimum atomic E-state index is 0.0248. The molecule has 26 heavy (non-hydrogen) atoms. The van der Waals surface area contributed by atoms with Gasteiger partial charge in [-0.2, -0.15) is 0 Å². The maximum Gasteiger partial charge on any atom is 0.265 e. The Kier molecular flexibility index (Phi) is 5.00. The smallest absolute Gasteiger partial charge is 0.265 e. The van der Waals surface area contributed by atoms with Crippen molar-refractivity contribution in [3.8, 4) is 0 Å². The van der Waals surface area contributed by atoms with Gasteiger partial charge in [-0.1, -0.05) is 6.92 Å². The number of amides is 1. The molecule has 1 amide bonds. The van der Waals surface area contributed by atoms with E-state index >= 15 is 0 Å². The average molecular weight is 370 g/mol. The number of anilines is 2. The van der Waals surface area contributed by atoms with Crippen molar-refractivity contribution in [3.05, 3.63) is 45.1 Å². The van der Waals surface area contributed by atoms with Crippen molar-refractivity contribution in [2.75, 3.05) is 42.9 Å². The molecule has 2 aromatic rings. The average Bonchev–Trinajstić information content (AvgIpc) is 3.25. The summed E-state index contributed by atoms with van der Waals surface area (Å²) in [6.07, 6.45) is 3.49. The third-order valence-corrected chi connectivity index (χ3v) is 6.85. The fraction of sp³-hybridized carbons (Fsp3) is 0.476. The molecule has 0 bridgehead atoms. The van der Waals surface area contributed by atoms with Crippen molar-refractivity contribution < 1.29 is 4.79 Å². The Morgan fingerprint density at radius 3 is 2.65 bits per heavy atom. The van der Waals surface area contributed by atoms with Crippen LogP contribution in [0, 0.1) is 6.92 Å². The van der Waals surface area contributed by atoms with Crippen LogP contribution < -0.4 is 10.2 Å². The molecule has 1 fully saturated rings. The number of thiophene rings is 1. The summed E-state index contributed by atoms with van der Waals surface area (Å²) >= 11 is 1.66.